The van der Waals surface area contributed by atoms with Crippen molar-refractivity contribution in [3.8, 4) is 17.6 Å². The van der Waals surface area contributed by atoms with E-state index in [0.717, 1.165) is 28.6 Å². The minimum Gasteiger partial charge on any atom is -0.490 e. The van der Waals surface area contributed by atoms with Gasteiger partial charge in [-0.15, -0.1) is 0 Å². The molecule has 0 radical (unpaired) electrons. The fourth-order valence-electron chi connectivity index (χ4n) is 2.90. The van der Waals surface area contributed by atoms with Crippen molar-refractivity contribution in [2.75, 3.05) is 6.61 Å². The van der Waals surface area contributed by atoms with Crippen LogP contribution in [-0.2, 0) is 0 Å². The molecule has 3 rings (SSSR count). The second kappa shape index (κ2) is 9.02. The largest absolute Gasteiger partial charge is 0.490 e. The molecule has 150 valence electrons. The van der Waals surface area contributed by atoms with Crippen molar-refractivity contribution in [3.63, 3.8) is 0 Å². The quantitative estimate of drug-likeness (QED) is 0.474. The van der Waals surface area contributed by atoms with E-state index in [4.69, 9.17) is 21.1 Å². The van der Waals surface area contributed by atoms with Gasteiger partial charge in [-0.05, 0) is 68.7 Å². The first kappa shape index (κ1) is 20.8. The zero-order valence-corrected chi connectivity index (χ0v) is 17.8. The minimum absolute atomic E-state index is 0.0155. The molecule has 0 fully saturated rings. The van der Waals surface area contributed by atoms with Crippen molar-refractivity contribution in [2.45, 2.75) is 40.2 Å². The summed E-state index contributed by atoms with van der Waals surface area (Å²) in [6, 6.07) is 11.8. The molecule has 3 aromatic rings. The molecule has 29 heavy (non-hydrogen) atoms. The monoisotopic (exact) mass is 409 g/mol. The SMILES string of the molecule is CCOc1cc(/C=C(/C#N)c2nc3ccc(C)cc3[nH]2)cc(Cl)c1O[C@@H](C)CC. The molecule has 5 nitrogen and oxygen atoms in total. The van der Waals surface area contributed by atoms with Gasteiger partial charge in [-0.25, -0.2) is 4.98 Å². The second-order valence-electron chi connectivity index (χ2n) is 6.88. The molecule has 0 unspecified atom stereocenters. The summed E-state index contributed by atoms with van der Waals surface area (Å²) in [4.78, 5) is 7.75. The van der Waals surface area contributed by atoms with Crippen LogP contribution in [0.5, 0.6) is 11.5 Å². The van der Waals surface area contributed by atoms with E-state index < -0.39 is 0 Å². The number of hydrogen-bond donors (Lipinski definition) is 1. The van der Waals surface area contributed by atoms with E-state index >= 15 is 0 Å². The molecule has 0 aliphatic heterocycles. The molecule has 0 amide bonds. The summed E-state index contributed by atoms with van der Waals surface area (Å²) < 4.78 is 11.7. The molecule has 0 saturated heterocycles. The Morgan fingerprint density at radius 3 is 2.79 bits per heavy atom. The van der Waals surface area contributed by atoms with Gasteiger partial charge in [0.2, 0.25) is 0 Å². The molecular weight excluding hydrogens is 386 g/mol. The number of allylic oxidation sites excluding steroid dienone is 1. The molecule has 0 aliphatic rings. The van der Waals surface area contributed by atoms with Crippen molar-refractivity contribution in [2.24, 2.45) is 0 Å². The number of H-pyrrole nitrogens is 1. The second-order valence-corrected chi connectivity index (χ2v) is 7.28. The van der Waals surface area contributed by atoms with Gasteiger partial charge in [0.05, 0.1) is 34.3 Å². The summed E-state index contributed by atoms with van der Waals surface area (Å²) in [7, 11) is 0. The van der Waals surface area contributed by atoms with Crippen LogP contribution in [0.15, 0.2) is 30.3 Å². The summed E-state index contributed by atoms with van der Waals surface area (Å²) in [5.74, 6) is 1.60. The van der Waals surface area contributed by atoms with Crippen molar-refractivity contribution in [1.82, 2.24) is 9.97 Å². The lowest BCUT2D eigenvalue weighted by Gasteiger charge is -2.18. The van der Waals surface area contributed by atoms with E-state index in [1.165, 1.54) is 0 Å². The Bertz CT molecular complexity index is 1100. The standard InChI is InChI=1S/C23H24ClN3O2/c1-5-15(4)29-22-18(24)11-16(12-21(22)28-6-2)10-17(13-25)23-26-19-8-7-14(3)9-20(19)27-23/h7-12,15H,5-6H2,1-4H3,(H,26,27)/b17-10-/t15-/m0/s1. The van der Waals surface area contributed by atoms with Crippen molar-refractivity contribution in [1.29, 1.82) is 5.26 Å². The number of halogens is 1. The predicted octanol–water partition coefficient (Wildman–Crippen LogP) is 6.16. The van der Waals surface area contributed by atoms with Crippen molar-refractivity contribution >= 4 is 34.3 Å². The number of ether oxygens (including phenoxy) is 2. The molecule has 6 heteroatoms. The number of nitrogens with zero attached hydrogens (tertiary/aromatic N) is 2. The van der Waals surface area contributed by atoms with Gasteiger partial charge in [0.25, 0.3) is 0 Å². The van der Waals surface area contributed by atoms with Crippen LogP contribution < -0.4 is 9.47 Å². The van der Waals surface area contributed by atoms with E-state index in [2.05, 4.69) is 16.0 Å². The number of hydrogen-bond acceptors (Lipinski definition) is 4. The van der Waals surface area contributed by atoms with Gasteiger partial charge >= 0.3 is 0 Å². The third-order valence-corrected chi connectivity index (χ3v) is 4.83. The molecule has 1 atom stereocenters. The summed E-state index contributed by atoms with van der Waals surface area (Å²) >= 11 is 6.49. The van der Waals surface area contributed by atoms with Crippen LogP contribution in [0.4, 0.5) is 0 Å². The van der Waals surface area contributed by atoms with E-state index in [1.807, 2.05) is 52.0 Å². The number of rotatable bonds is 7. The third-order valence-electron chi connectivity index (χ3n) is 4.55. The van der Waals surface area contributed by atoms with E-state index in [9.17, 15) is 5.26 Å². The first-order valence-electron chi connectivity index (χ1n) is 9.66. The van der Waals surface area contributed by atoms with Gasteiger partial charge in [-0.1, -0.05) is 24.6 Å². The highest BCUT2D eigenvalue weighted by Gasteiger charge is 2.16. The Balaban J connectivity index is 2.03. The minimum atomic E-state index is 0.0155. The molecule has 0 spiro atoms. The van der Waals surface area contributed by atoms with Crippen molar-refractivity contribution < 1.29 is 9.47 Å². The molecule has 2 aromatic carbocycles. The lowest BCUT2D eigenvalue weighted by Crippen LogP contribution is -2.11. The molecule has 1 N–H and O–H groups in total. The van der Waals surface area contributed by atoms with Gasteiger partial charge in [0.15, 0.2) is 11.5 Å². The fourth-order valence-corrected chi connectivity index (χ4v) is 3.17. The summed E-state index contributed by atoms with van der Waals surface area (Å²) in [6.07, 6.45) is 2.61. The first-order valence-corrected chi connectivity index (χ1v) is 10.0. The summed E-state index contributed by atoms with van der Waals surface area (Å²) in [5.41, 5.74) is 3.99. The maximum absolute atomic E-state index is 9.70. The lowest BCUT2D eigenvalue weighted by molar-refractivity contribution is 0.203. The lowest BCUT2D eigenvalue weighted by atomic mass is 10.1. The normalized spacial score (nSPS) is 12.6. The number of aromatic amines is 1. The molecule has 1 aromatic heterocycles. The zero-order valence-electron chi connectivity index (χ0n) is 17.0. The van der Waals surface area contributed by atoms with Crippen LogP contribution in [0.25, 0.3) is 22.7 Å². The molecule has 0 bridgehead atoms. The average Bonchev–Trinajstić information content (AvgIpc) is 3.11. The first-order chi connectivity index (χ1) is 13.9. The van der Waals surface area contributed by atoms with Gasteiger partial charge in [-0.2, -0.15) is 5.26 Å². The van der Waals surface area contributed by atoms with Crippen LogP contribution in [0.1, 0.15) is 44.1 Å². The molecular formula is C23H24ClN3O2. The summed E-state index contributed by atoms with van der Waals surface area (Å²) in [5, 5.41) is 10.1. The predicted molar refractivity (Wildman–Crippen MR) is 117 cm³/mol. The maximum Gasteiger partial charge on any atom is 0.180 e. The molecule has 0 saturated carbocycles. The number of nitriles is 1. The third kappa shape index (κ3) is 4.72. The van der Waals surface area contributed by atoms with Crippen LogP contribution in [-0.4, -0.2) is 22.7 Å². The number of nitrogens with one attached hydrogen (secondary N) is 1. The number of aryl methyl sites for hydroxylation is 1. The van der Waals surface area contributed by atoms with Gasteiger partial charge in [0.1, 0.15) is 11.9 Å². The Labute approximate surface area is 175 Å². The number of benzene rings is 2. The maximum atomic E-state index is 9.70. The zero-order chi connectivity index (χ0) is 21.0. The van der Waals surface area contributed by atoms with Gasteiger partial charge in [0, 0.05) is 0 Å². The van der Waals surface area contributed by atoms with Crippen LogP contribution in [0.3, 0.4) is 0 Å². The van der Waals surface area contributed by atoms with Gasteiger partial charge in [-0.3, -0.25) is 0 Å². The van der Waals surface area contributed by atoms with Gasteiger partial charge < -0.3 is 14.5 Å². The highest BCUT2D eigenvalue weighted by molar-refractivity contribution is 6.32. The van der Waals surface area contributed by atoms with Crippen LogP contribution in [0, 0.1) is 18.3 Å². The van der Waals surface area contributed by atoms with Crippen molar-refractivity contribution in [3.05, 3.63) is 52.3 Å². The summed E-state index contributed by atoms with van der Waals surface area (Å²) in [6.45, 7) is 8.43. The number of imidazole rings is 1. The Kier molecular flexibility index (Phi) is 6.46. The highest BCUT2D eigenvalue weighted by Crippen LogP contribution is 2.38. The highest BCUT2D eigenvalue weighted by atomic mass is 35.5. The van der Waals surface area contributed by atoms with Crippen LogP contribution in [0.2, 0.25) is 5.02 Å². The fraction of sp³-hybridized carbons (Fsp3) is 0.304. The molecule has 0 aliphatic carbocycles. The Morgan fingerprint density at radius 1 is 1.31 bits per heavy atom. The molecule has 1 heterocycles. The Hall–Kier alpha value is -2.97. The number of fused-ring (bicyclic) bond motifs is 1. The average molecular weight is 410 g/mol. The smallest absolute Gasteiger partial charge is 0.180 e. The topological polar surface area (TPSA) is 70.9 Å². The van der Waals surface area contributed by atoms with E-state index in [1.54, 1.807) is 12.1 Å². The number of aromatic nitrogens is 2. The van der Waals surface area contributed by atoms with E-state index in [-0.39, 0.29) is 6.10 Å². The van der Waals surface area contributed by atoms with Crippen LogP contribution >= 0.6 is 11.6 Å². The van der Waals surface area contributed by atoms with E-state index in [0.29, 0.717) is 34.5 Å². The Morgan fingerprint density at radius 2 is 2.10 bits per heavy atom.